The smallest absolute Gasteiger partial charge is 0.460 e. The fourth-order valence-electron chi connectivity index (χ4n) is 5.77. The van der Waals surface area contributed by atoms with Gasteiger partial charge in [-0.05, 0) is 19.3 Å². The van der Waals surface area contributed by atoms with E-state index in [0.717, 1.165) is 43.9 Å². The monoisotopic (exact) mass is 912 g/mol. The molecule has 1 aliphatic rings. The number of esters is 1. The minimum absolute atomic E-state index is 0.0175. The zero-order valence-electron chi connectivity index (χ0n) is 31.6. The molecule has 9 N–H and O–H groups in total. The van der Waals surface area contributed by atoms with E-state index in [0.29, 0.717) is 12.8 Å². The molecule has 26 heteroatoms. The number of ether oxygens (including phenoxy) is 1. The van der Waals surface area contributed by atoms with E-state index >= 15 is 0 Å². The molecular formula is C30H60O21P4S. The van der Waals surface area contributed by atoms with Gasteiger partial charge in [0.25, 0.3) is 0 Å². The Hall–Kier alpha value is -0.150. The number of hydrogen-bond donors (Lipinski definition) is 9. The summed E-state index contributed by atoms with van der Waals surface area (Å²) >= 11 is 0.933. The predicted molar refractivity (Wildman–Crippen MR) is 201 cm³/mol. The lowest BCUT2D eigenvalue weighted by Crippen LogP contribution is -2.65. The zero-order valence-corrected chi connectivity index (χ0v) is 36.0. The van der Waals surface area contributed by atoms with Gasteiger partial charge in [0.1, 0.15) is 42.7 Å². The van der Waals surface area contributed by atoms with Crippen LogP contribution in [0.15, 0.2) is 0 Å². The third kappa shape index (κ3) is 24.8. The second-order valence-electron chi connectivity index (χ2n) is 13.4. The van der Waals surface area contributed by atoms with Crippen molar-refractivity contribution in [1.29, 1.82) is 0 Å². The van der Waals surface area contributed by atoms with E-state index in [1.807, 2.05) is 0 Å². The molecule has 0 saturated heterocycles. The summed E-state index contributed by atoms with van der Waals surface area (Å²) in [6.07, 6.45) is -2.42. The molecule has 1 aliphatic carbocycles. The van der Waals surface area contributed by atoms with Gasteiger partial charge < -0.3 is 49.2 Å². The first kappa shape index (κ1) is 53.9. The van der Waals surface area contributed by atoms with Crippen LogP contribution in [-0.2, 0) is 55.2 Å². The van der Waals surface area contributed by atoms with Crippen molar-refractivity contribution in [2.45, 2.75) is 166 Å². The van der Waals surface area contributed by atoms with E-state index < -0.39 is 86.6 Å². The van der Waals surface area contributed by atoms with E-state index in [1.54, 1.807) is 6.92 Å². The Bertz CT molecular complexity index is 1300. The molecule has 56 heavy (non-hydrogen) atoms. The number of phosphoric ester groups is 4. The van der Waals surface area contributed by atoms with Crippen molar-refractivity contribution in [3.63, 3.8) is 0 Å². The molecule has 332 valence electrons. The van der Waals surface area contributed by atoms with Gasteiger partial charge in [0, 0.05) is 18.6 Å². The zero-order chi connectivity index (χ0) is 42.6. The van der Waals surface area contributed by atoms with Crippen molar-refractivity contribution >= 4 is 54.1 Å². The van der Waals surface area contributed by atoms with Crippen LogP contribution in [0, 0.1) is 0 Å². The van der Waals surface area contributed by atoms with E-state index in [-0.39, 0.29) is 30.1 Å². The summed E-state index contributed by atoms with van der Waals surface area (Å²) in [5, 5.41) is 21.5. The molecule has 0 amide bonds. The first-order valence-corrected chi connectivity index (χ1v) is 25.6. The largest absolute Gasteiger partial charge is 0.472 e. The van der Waals surface area contributed by atoms with Crippen LogP contribution in [0.4, 0.5) is 0 Å². The standard InChI is InChI=1S/C30H60O21P4S/c1-3-5-6-7-8-9-10-11-12-13-14-15-16-18-23(31)47-22(19-20-56-24(32)17-4-2)21-46-55(44,45)51-27-25(33)28(48-52(35,36)37)30(50-54(41,42)43)29(26(27)34)49-53(38,39)40/h22,25-30,33-34H,3-21H2,1-2H3,(H,44,45)(H2,35,36,37)(H2,38,39,40)(H2,41,42,43)/t22-,25?,26?,27?,28-,29+,30?/m1/s1. The van der Waals surface area contributed by atoms with Crippen LogP contribution in [0.5, 0.6) is 0 Å². The van der Waals surface area contributed by atoms with Crippen LogP contribution < -0.4 is 0 Å². The highest BCUT2D eigenvalue weighted by molar-refractivity contribution is 8.13. The van der Waals surface area contributed by atoms with Crippen molar-refractivity contribution in [2.24, 2.45) is 0 Å². The average Bonchev–Trinajstić information content (AvgIpc) is 3.06. The van der Waals surface area contributed by atoms with Crippen molar-refractivity contribution < 1.29 is 99.7 Å². The Morgan fingerprint density at radius 1 is 0.571 bits per heavy atom. The van der Waals surface area contributed by atoms with Gasteiger partial charge in [-0.3, -0.25) is 32.2 Å². The first-order chi connectivity index (χ1) is 26.0. The fourth-order valence-corrected chi connectivity index (χ4v) is 9.38. The Kier molecular flexibility index (Phi) is 25.9. The van der Waals surface area contributed by atoms with Gasteiger partial charge >= 0.3 is 37.3 Å². The lowest BCUT2D eigenvalue weighted by atomic mass is 9.85. The highest BCUT2D eigenvalue weighted by Gasteiger charge is 2.59. The van der Waals surface area contributed by atoms with E-state index in [4.69, 9.17) is 13.8 Å². The van der Waals surface area contributed by atoms with Crippen LogP contribution in [0.25, 0.3) is 0 Å². The summed E-state index contributed by atoms with van der Waals surface area (Å²) in [7, 11) is -22.8. The third-order valence-corrected chi connectivity index (χ3v) is 11.9. The van der Waals surface area contributed by atoms with Crippen LogP contribution in [0.3, 0.4) is 0 Å². The van der Waals surface area contributed by atoms with Gasteiger partial charge in [-0.1, -0.05) is 103 Å². The van der Waals surface area contributed by atoms with E-state index in [9.17, 15) is 72.3 Å². The fraction of sp³-hybridized carbons (Fsp3) is 0.933. The van der Waals surface area contributed by atoms with Crippen molar-refractivity contribution in [2.75, 3.05) is 12.4 Å². The molecule has 0 bridgehead atoms. The quantitative estimate of drug-likeness (QED) is 0.0262. The second-order valence-corrected chi connectivity index (χ2v) is 19.5. The number of aliphatic hydroxyl groups is 2. The van der Waals surface area contributed by atoms with Gasteiger partial charge in [-0.15, -0.1) is 0 Å². The van der Waals surface area contributed by atoms with Crippen LogP contribution in [0.2, 0.25) is 0 Å². The summed E-state index contributed by atoms with van der Waals surface area (Å²) in [6, 6.07) is 0. The highest BCUT2D eigenvalue weighted by Crippen LogP contribution is 2.53. The average molecular weight is 913 g/mol. The maximum absolute atomic E-state index is 13.1. The number of rotatable bonds is 31. The molecular weight excluding hydrogens is 852 g/mol. The Morgan fingerprint density at radius 2 is 1.00 bits per heavy atom. The normalized spacial score (nSPS) is 23.8. The summed E-state index contributed by atoms with van der Waals surface area (Å²) in [5.74, 6) is -0.552. The number of carbonyl (C=O) groups is 2. The van der Waals surface area contributed by atoms with Gasteiger partial charge in [0.15, 0.2) is 5.12 Å². The van der Waals surface area contributed by atoms with E-state index in [1.165, 1.54) is 44.9 Å². The van der Waals surface area contributed by atoms with Crippen molar-refractivity contribution in [1.82, 2.24) is 0 Å². The summed E-state index contributed by atoms with van der Waals surface area (Å²) < 4.78 is 76.2. The lowest BCUT2D eigenvalue weighted by molar-refractivity contribution is -0.209. The summed E-state index contributed by atoms with van der Waals surface area (Å²) in [4.78, 5) is 91.3. The molecule has 1 saturated carbocycles. The topological polar surface area (TPSA) is 340 Å². The molecule has 0 spiro atoms. The molecule has 0 aromatic rings. The summed E-state index contributed by atoms with van der Waals surface area (Å²) in [6.45, 7) is 3.14. The Labute approximate surface area is 331 Å². The number of aliphatic hydroxyl groups excluding tert-OH is 2. The molecule has 0 aromatic heterocycles. The highest BCUT2D eigenvalue weighted by atomic mass is 32.2. The lowest BCUT2D eigenvalue weighted by Gasteiger charge is -2.45. The first-order valence-electron chi connectivity index (χ1n) is 18.6. The third-order valence-electron chi connectivity index (χ3n) is 8.39. The van der Waals surface area contributed by atoms with Gasteiger partial charge in [0.05, 0.1) is 6.61 Å². The van der Waals surface area contributed by atoms with Gasteiger partial charge in [-0.25, -0.2) is 18.3 Å². The number of carbonyl (C=O) groups excluding carboxylic acids is 2. The van der Waals surface area contributed by atoms with Crippen LogP contribution in [-0.4, -0.2) is 111 Å². The molecule has 1 rings (SSSR count). The molecule has 21 nitrogen and oxygen atoms in total. The summed E-state index contributed by atoms with van der Waals surface area (Å²) in [5.41, 5.74) is 0. The molecule has 1 fully saturated rings. The maximum Gasteiger partial charge on any atom is 0.472 e. The predicted octanol–water partition coefficient (Wildman–Crippen LogP) is 4.50. The van der Waals surface area contributed by atoms with Crippen LogP contribution in [0.1, 0.15) is 123 Å². The molecule has 0 radical (unpaired) electrons. The molecule has 5 unspecified atom stereocenters. The molecule has 0 aromatic carbocycles. The SMILES string of the molecule is CCCCCCCCCCCCCCCC(=O)O[C@H](CCSC(=O)CCC)COP(=O)(O)OC1C(O)[C@@H](OP(=O)(O)O)C(OP(=O)(O)O)[C@@H](OP(=O)(O)O)C1O. The molecule has 0 aliphatic heterocycles. The maximum atomic E-state index is 13.1. The Morgan fingerprint density at radius 3 is 1.43 bits per heavy atom. The molecule has 0 heterocycles. The van der Waals surface area contributed by atoms with Crippen LogP contribution >= 0.6 is 43.1 Å². The number of unbranched alkanes of at least 4 members (excludes halogenated alkanes) is 12. The molecule has 8 atom stereocenters. The van der Waals surface area contributed by atoms with Crippen molar-refractivity contribution in [3.8, 4) is 0 Å². The number of hydrogen-bond acceptors (Lipinski definition) is 15. The second kappa shape index (κ2) is 26.9. The number of phosphoric acid groups is 4. The number of thioether (sulfide) groups is 1. The minimum atomic E-state index is -5.75. The van der Waals surface area contributed by atoms with E-state index in [2.05, 4.69) is 20.5 Å². The van der Waals surface area contributed by atoms with Crippen molar-refractivity contribution in [3.05, 3.63) is 0 Å². The Balaban J connectivity index is 2.94. The van der Waals surface area contributed by atoms with Gasteiger partial charge in [-0.2, -0.15) is 0 Å². The minimum Gasteiger partial charge on any atom is -0.460 e. The van der Waals surface area contributed by atoms with Gasteiger partial charge in [0.2, 0.25) is 0 Å².